The van der Waals surface area contributed by atoms with E-state index in [9.17, 15) is 19.8 Å². The summed E-state index contributed by atoms with van der Waals surface area (Å²) in [6.45, 7) is 19.1. The number of alkyl halides is 1. The number of carbonyl (C=O) groups is 2. The molecule has 16 atom stereocenters. The second kappa shape index (κ2) is 22.7. The van der Waals surface area contributed by atoms with E-state index in [1.807, 2.05) is 33.9 Å². The number of nitrogens with zero attached hydrogens (tertiary/aromatic N) is 3. The van der Waals surface area contributed by atoms with Crippen LogP contribution in [-0.4, -0.2) is 97.9 Å². The van der Waals surface area contributed by atoms with Gasteiger partial charge in [-0.1, -0.05) is 51.1 Å². The molecule has 0 radical (unpaired) electrons. The number of H-pyrrole nitrogens is 1. The summed E-state index contributed by atoms with van der Waals surface area (Å²) in [5.74, 6) is 8.29. The van der Waals surface area contributed by atoms with E-state index in [4.69, 9.17) is 18.9 Å². The molecule has 8 saturated carbocycles. The number of carbonyl (C=O) groups excluding carboxylic acids is 2. The average molecular weight is 1070 g/mol. The fourth-order valence-corrected chi connectivity index (χ4v) is 18.6. The third-order valence-electron chi connectivity index (χ3n) is 21.5. The second-order valence-corrected chi connectivity index (χ2v) is 26.7. The van der Waals surface area contributed by atoms with Crippen LogP contribution in [0.25, 0.3) is 0 Å². The molecule has 8 aliphatic rings. The molecule has 2 heterocycles. The van der Waals surface area contributed by atoms with Gasteiger partial charge in [-0.15, -0.1) is 0 Å². The lowest BCUT2D eigenvalue weighted by atomic mass is 9.44. The van der Waals surface area contributed by atoms with Crippen molar-refractivity contribution in [1.29, 1.82) is 0 Å². The average Bonchev–Trinajstić information content (AvgIpc) is 4.13. The minimum atomic E-state index is -0.646. The van der Waals surface area contributed by atoms with Crippen molar-refractivity contribution < 1.29 is 38.7 Å². The Balaban J connectivity index is 0.000000182. The van der Waals surface area contributed by atoms with E-state index in [1.165, 1.54) is 57.8 Å². The van der Waals surface area contributed by atoms with Gasteiger partial charge in [0.1, 0.15) is 5.78 Å². The predicted molar refractivity (Wildman–Crippen MR) is 287 cm³/mol. The standard InChI is InChI=1S/C29H46N2O4.C23H37BrO3.C6H10N2O.CH4/c1-19(2)35-21-15-30-31(16-21)17-26(32)25-9-8-23-22-7-6-20-14-29(33,18-34-5)13-12-27(20,3)24(22)10-11-28(23,25)4;1-21-10-11-23(26,14-27-3)12-15(21)4-5-16-17-6-7-19(20(25)13-24)22(17,2)9-8-18(16)21;1-5(2)9-6-3-7-8-4-6;/h15-16,19-20,22-25,33H,6-14,17-18H2,1-5H3;15-19,26H,4-14H2,1-3H3;3-5H,1-2H3,(H,7,8);1H4/t20-,22-,23-,24-,25+,27-,28-,29+;15-,16-,17-,18-,19+,21-,22-,23+;;/m00../s1. The van der Waals surface area contributed by atoms with Gasteiger partial charge in [-0.25, -0.2) is 0 Å². The van der Waals surface area contributed by atoms with Crippen molar-refractivity contribution >= 4 is 27.5 Å². The number of hydrogen-bond donors (Lipinski definition) is 3. The van der Waals surface area contributed by atoms with Gasteiger partial charge in [-0.3, -0.25) is 19.4 Å². The second-order valence-electron chi connectivity index (χ2n) is 26.1. The van der Waals surface area contributed by atoms with Gasteiger partial charge in [0, 0.05) is 26.1 Å². The SMILES string of the molecule is C.CC(C)Oc1cn[nH]c1.COC[C@@]1(O)CC[C@@]2(C)[C@@H](CC[C@@H]3[C@@H]2CC[C@]2(C)[C@@H](C(=O)CBr)CC[C@@H]32)C1.COC[C@@]1(O)CC[C@@]2(C)[C@@H](CC[C@@H]3[C@@H]2CC[C@]2(C)[C@@H](C(=O)Cn4cc(OC(C)C)cn4)CC[C@@H]32)C1. The van der Waals surface area contributed by atoms with Crippen molar-refractivity contribution in [3.63, 3.8) is 0 Å². The monoisotopic (exact) mass is 1070 g/mol. The van der Waals surface area contributed by atoms with Gasteiger partial charge in [0.2, 0.25) is 0 Å². The number of nitrogens with one attached hydrogen (secondary N) is 1. The van der Waals surface area contributed by atoms with Crippen molar-refractivity contribution in [3.05, 3.63) is 24.8 Å². The van der Waals surface area contributed by atoms with E-state index in [1.54, 1.807) is 37.5 Å². The van der Waals surface area contributed by atoms with Crippen molar-refractivity contribution in [2.45, 2.75) is 208 Å². The van der Waals surface area contributed by atoms with Gasteiger partial charge in [0.15, 0.2) is 17.3 Å². The maximum Gasteiger partial charge on any atom is 0.157 e. The number of halogens is 1. The molecule has 2 aromatic rings. The Kier molecular flexibility index (Phi) is 18.1. The zero-order valence-corrected chi connectivity index (χ0v) is 46.9. The molecule has 0 saturated heterocycles. The topological polar surface area (TPSA) is 158 Å². The summed E-state index contributed by atoms with van der Waals surface area (Å²) < 4.78 is 23.5. The summed E-state index contributed by atoms with van der Waals surface area (Å²) in [5.41, 5.74) is -0.254. The summed E-state index contributed by atoms with van der Waals surface area (Å²) in [7, 11) is 3.41. The molecule has 0 aromatic carbocycles. The summed E-state index contributed by atoms with van der Waals surface area (Å²) in [5, 5.41) is 33.4. The van der Waals surface area contributed by atoms with E-state index < -0.39 is 11.2 Å². The molecule has 2 aromatic heterocycles. The Morgan fingerprint density at radius 1 is 0.653 bits per heavy atom. The molecule has 3 N–H and O–H groups in total. The number of rotatable bonds is 13. The largest absolute Gasteiger partial charge is 0.488 e. The minimum absolute atomic E-state index is 0. The molecule has 0 spiro atoms. The number of fused-ring (bicyclic) bond motifs is 10. The number of ketones is 2. The highest BCUT2D eigenvalue weighted by atomic mass is 79.9. The minimum Gasteiger partial charge on any atom is -0.488 e. The van der Waals surface area contributed by atoms with Crippen LogP contribution < -0.4 is 9.47 Å². The number of methoxy groups -OCH3 is 2. The highest BCUT2D eigenvalue weighted by molar-refractivity contribution is 9.09. The van der Waals surface area contributed by atoms with E-state index in [0.717, 1.165) is 98.9 Å². The molecule has 13 heteroatoms. The molecular weight excluding hydrogens is 973 g/mol. The lowest BCUT2D eigenvalue weighted by Crippen LogP contribution is -2.56. The third-order valence-corrected chi connectivity index (χ3v) is 22.1. The molecule has 0 amide bonds. The maximum absolute atomic E-state index is 13.5. The normalized spacial score (nSPS) is 41.6. The Morgan fingerprint density at radius 2 is 1.12 bits per heavy atom. The molecule has 72 heavy (non-hydrogen) atoms. The highest BCUT2D eigenvalue weighted by Gasteiger charge is 2.64. The van der Waals surface area contributed by atoms with Crippen LogP contribution in [-0.2, 0) is 25.6 Å². The number of hydrogen-bond acceptors (Lipinski definition) is 10. The van der Waals surface area contributed by atoms with Crippen LogP contribution in [0.5, 0.6) is 11.5 Å². The fourth-order valence-electron chi connectivity index (χ4n) is 18.2. The number of ether oxygens (including phenoxy) is 4. The fraction of sp³-hybridized carbons (Fsp3) is 0.864. The zero-order chi connectivity index (χ0) is 51.1. The first-order chi connectivity index (χ1) is 33.6. The Bertz CT molecular complexity index is 2100. The quantitative estimate of drug-likeness (QED) is 0.165. The number of aromatic nitrogens is 4. The van der Waals surface area contributed by atoms with Crippen molar-refractivity contribution in [3.8, 4) is 11.5 Å². The van der Waals surface area contributed by atoms with E-state index >= 15 is 0 Å². The summed E-state index contributed by atoms with van der Waals surface area (Å²) in [6.07, 6.45) is 27.5. The molecular formula is C59H97BrN4O8. The van der Waals surface area contributed by atoms with E-state index in [0.29, 0.717) is 65.2 Å². The molecule has 8 fully saturated rings. The van der Waals surface area contributed by atoms with E-state index in [-0.39, 0.29) is 42.3 Å². The molecule has 0 bridgehead atoms. The molecule has 0 unspecified atom stereocenters. The number of Topliss-reactive ketones (excluding diaryl/α,β-unsaturated/α-hetero) is 2. The van der Waals surface area contributed by atoms with Crippen LogP contribution in [0.3, 0.4) is 0 Å². The van der Waals surface area contributed by atoms with Gasteiger partial charge in [0.05, 0.1) is 73.3 Å². The molecule has 10 rings (SSSR count). The first-order valence-electron chi connectivity index (χ1n) is 28.0. The van der Waals surface area contributed by atoms with Gasteiger partial charge < -0.3 is 29.2 Å². The lowest BCUT2D eigenvalue weighted by Gasteiger charge is -2.62. The van der Waals surface area contributed by atoms with Crippen LogP contribution in [0.1, 0.15) is 178 Å². The Morgan fingerprint density at radius 3 is 1.57 bits per heavy atom. The highest BCUT2D eigenvalue weighted by Crippen LogP contribution is 2.70. The van der Waals surface area contributed by atoms with Crippen LogP contribution in [0.15, 0.2) is 24.8 Å². The first-order valence-corrected chi connectivity index (χ1v) is 29.1. The Labute approximate surface area is 442 Å². The summed E-state index contributed by atoms with van der Waals surface area (Å²) >= 11 is 3.43. The number of aliphatic hydroxyl groups is 2. The van der Waals surface area contributed by atoms with Crippen molar-refractivity contribution in [2.75, 3.05) is 32.8 Å². The lowest BCUT2D eigenvalue weighted by molar-refractivity contribution is -0.164. The van der Waals surface area contributed by atoms with Crippen LogP contribution in [0.4, 0.5) is 0 Å². The summed E-state index contributed by atoms with van der Waals surface area (Å²) in [4.78, 5) is 26.1. The maximum atomic E-state index is 13.5. The van der Waals surface area contributed by atoms with Crippen LogP contribution in [0, 0.1) is 80.8 Å². The van der Waals surface area contributed by atoms with Crippen LogP contribution in [0.2, 0.25) is 0 Å². The smallest absolute Gasteiger partial charge is 0.157 e. The van der Waals surface area contributed by atoms with Crippen molar-refractivity contribution in [1.82, 2.24) is 20.0 Å². The van der Waals surface area contributed by atoms with Gasteiger partial charge >= 0.3 is 0 Å². The first kappa shape index (κ1) is 57.4. The molecule has 12 nitrogen and oxygen atoms in total. The Hall–Kier alpha value is -2.32. The predicted octanol–water partition coefficient (Wildman–Crippen LogP) is 12.1. The molecule has 8 aliphatic carbocycles. The van der Waals surface area contributed by atoms with Gasteiger partial charge in [-0.05, 0) is 212 Å². The van der Waals surface area contributed by atoms with Gasteiger partial charge in [-0.2, -0.15) is 10.2 Å². The van der Waals surface area contributed by atoms with Crippen molar-refractivity contribution in [2.24, 2.45) is 80.8 Å². The molecule has 408 valence electrons. The van der Waals surface area contributed by atoms with Gasteiger partial charge in [0.25, 0.3) is 0 Å². The summed E-state index contributed by atoms with van der Waals surface area (Å²) in [6, 6.07) is 0. The zero-order valence-electron chi connectivity index (χ0n) is 45.4. The third kappa shape index (κ3) is 11.2. The van der Waals surface area contributed by atoms with Crippen LogP contribution >= 0.6 is 15.9 Å². The molecule has 0 aliphatic heterocycles. The van der Waals surface area contributed by atoms with E-state index in [2.05, 4.69) is 58.9 Å². The number of aromatic amines is 1.